The summed E-state index contributed by atoms with van der Waals surface area (Å²) in [6, 6.07) is 6.54. The standard InChI is InChI=1S/C12H16FNO/c1-9-8-14(7-6-12(9)15)11-4-2-10(13)3-5-11/h2-5,9,12,15H,6-8H2,1H3. The molecular weight excluding hydrogens is 193 g/mol. The van der Waals surface area contributed by atoms with Gasteiger partial charge in [-0.05, 0) is 36.6 Å². The van der Waals surface area contributed by atoms with Crippen molar-refractivity contribution >= 4 is 5.69 Å². The number of benzene rings is 1. The SMILES string of the molecule is CC1CN(c2ccc(F)cc2)CCC1O. The third-order valence-electron chi connectivity index (χ3n) is 3.05. The summed E-state index contributed by atoms with van der Waals surface area (Å²) >= 11 is 0. The highest BCUT2D eigenvalue weighted by Crippen LogP contribution is 2.23. The number of anilines is 1. The highest BCUT2D eigenvalue weighted by molar-refractivity contribution is 5.46. The lowest BCUT2D eigenvalue weighted by Crippen LogP contribution is -2.41. The first kappa shape index (κ1) is 10.4. The van der Waals surface area contributed by atoms with Crippen LogP contribution in [0.3, 0.4) is 0 Å². The Labute approximate surface area is 89.3 Å². The molecule has 1 N–H and O–H groups in total. The van der Waals surface area contributed by atoms with E-state index >= 15 is 0 Å². The Balaban J connectivity index is 2.08. The molecule has 2 nitrogen and oxygen atoms in total. The Morgan fingerprint density at radius 1 is 1.33 bits per heavy atom. The van der Waals surface area contributed by atoms with Gasteiger partial charge in [0, 0.05) is 18.8 Å². The molecule has 0 radical (unpaired) electrons. The molecule has 1 fully saturated rings. The molecule has 3 heteroatoms. The monoisotopic (exact) mass is 209 g/mol. The Morgan fingerprint density at radius 3 is 2.60 bits per heavy atom. The maximum Gasteiger partial charge on any atom is 0.123 e. The van der Waals surface area contributed by atoms with Crippen molar-refractivity contribution in [2.24, 2.45) is 5.92 Å². The Hall–Kier alpha value is -1.09. The lowest BCUT2D eigenvalue weighted by Gasteiger charge is -2.35. The average molecular weight is 209 g/mol. The van der Waals surface area contributed by atoms with Crippen LogP contribution in [0.1, 0.15) is 13.3 Å². The van der Waals surface area contributed by atoms with Crippen LogP contribution in [0.2, 0.25) is 0 Å². The minimum Gasteiger partial charge on any atom is -0.393 e. The summed E-state index contributed by atoms with van der Waals surface area (Å²) in [5.74, 6) is 0.0765. The first-order valence-corrected chi connectivity index (χ1v) is 5.35. The lowest BCUT2D eigenvalue weighted by molar-refractivity contribution is 0.0971. The second kappa shape index (κ2) is 4.19. The van der Waals surface area contributed by atoms with Crippen molar-refractivity contribution in [1.29, 1.82) is 0 Å². The van der Waals surface area contributed by atoms with Crippen molar-refractivity contribution in [2.75, 3.05) is 18.0 Å². The molecule has 0 aliphatic carbocycles. The Kier molecular flexibility index (Phi) is 2.91. The number of nitrogens with zero attached hydrogens (tertiary/aromatic N) is 1. The van der Waals surface area contributed by atoms with E-state index in [1.807, 2.05) is 6.92 Å². The number of hydrogen-bond donors (Lipinski definition) is 1. The highest BCUT2D eigenvalue weighted by atomic mass is 19.1. The Bertz CT molecular complexity index is 325. The summed E-state index contributed by atoms with van der Waals surface area (Å²) in [6.07, 6.45) is 0.597. The molecular formula is C12H16FNO. The van der Waals surface area contributed by atoms with Crippen LogP contribution in [0.15, 0.2) is 24.3 Å². The zero-order valence-electron chi connectivity index (χ0n) is 8.86. The van der Waals surface area contributed by atoms with E-state index in [2.05, 4.69) is 4.90 Å². The van der Waals surface area contributed by atoms with Crippen molar-refractivity contribution in [3.63, 3.8) is 0 Å². The molecule has 1 heterocycles. The van der Waals surface area contributed by atoms with E-state index in [-0.39, 0.29) is 17.8 Å². The van der Waals surface area contributed by atoms with Crippen LogP contribution in [0.4, 0.5) is 10.1 Å². The number of piperidine rings is 1. The summed E-state index contributed by atoms with van der Waals surface area (Å²) < 4.78 is 12.7. The van der Waals surface area contributed by atoms with Gasteiger partial charge in [-0.2, -0.15) is 0 Å². The third-order valence-corrected chi connectivity index (χ3v) is 3.05. The topological polar surface area (TPSA) is 23.5 Å². The normalized spacial score (nSPS) is 26.7. The van der Waals surface area contributed by atoms with Crippen LogP contribution in [0.5, 0.6) is 0 Å². The molecule has 1 aliphatic heterocycles. The summed E-state index contributed by atoms with van der Waals surface area (Å²) in [5, 5.41) is 9.60. The molecule has 2 unspecified atom stereocenters. The number of hydrogen-bond acceptors (Lipinski definition) is 2. The first-order chi connectivity index (χ1) is 7.16. The molecule has 1 aliphatic rings. The smallest absolute Gasteiger partial charge is 0.123 e. The van der Waals surface area contributed by atoms with E-state index in [4.69, 9.17) is 0 Å². The van der Waals surface area contributed by atoms with Gasteiger partial charge in [-0.1, -0.05) is 6.92 Å². The fraction of sp³-hybridized carbons (Fsp3) is 0.500. The molecule has 0 amide bonds. The molecule has 2 atom stereocenters. The van der Waals surface area contributed by atoms with Gasteiger partial charge >= 0.3 is 0 Å². The van der Waals surface area contributed by atoms with Gasteiger partial charge < -0.3 is 10.0 Å². The average Bonchev–Trinajstić information content (AvgIpc) is 2.23. The maximum atomic E-state index is 12.7. The first-order valence-electron chi connectivity index (χ1n) is 5.35. The molecule has 0 saturated carbocycles. The zero-order valence-corrected chi connectivity index (χ0v) is 8.86. The van der Waals surface area contributed by atoms with Gasteiger partial charge in [-0.25, -0.2) is 4.39 Å². The second-order valence-electron chi connectivity index (χ2n) is 4.26. The van der Waals surface area contributed by atoms with Crippen molar-refractivity contribution < 1.29 is 9.50 Å². The van der Waals surface area contributed by atoms with E-state index in [1.165, 1.54) is 12.1 Å². The Morgan fingerprint density at radius 2 is 2.00 bits per heavy atom. The van der Waals surface area contributed by atoms with Gasteiger partial charge in [0.05, 0.1) is 6.10 Å². The molecule has 1 aromatic carbocycles. The molecule has 1 saturated heterocycles. The predicted molar refractivity (Wildman–Crippen MR) is 58.4 cm³/mol. The fourth-order valence-electron chi connectivity index (χ4n) is 2.02. The van der Waals surface area contributed by atoms with Crippen molar-refractivity contribution in [3.05, 3.63) is 30.1 Å². The number of halogens is 1. The van der Waals surface area contributed by atoms with Gasteiger partial charge in [-0.15, -0.1) is 0 Å². The molecule has 82 valence electrons. The van der Waals surface area contributed by atoms with Gasteiger partial charge in [0.1, 0.15) is 5.82 Å². The quantitative estimate of drug-likeness (QED) is 0.765. The zero-order chi connectivity index (χ0) is 10.8. The minimum absolute atomic E-state index is 0.193. The second-order valence-corrected chi connectivity index (χ2v) is 4.26. The molecule has 0 spiro atoms. The van der Waals surface area contributed by atoms with Gasteiger partial charge in [0.15, 0.2) is 0 Å². The molecule has 15 heavy (non-hydrogen) atoms. The van der Waals surface area contributed by atoms with Crippen LogP contribution < -0.4 is 4.90 Å². The lowest BCUT2D eigenvalue weighted by atomic mass is 9.96. The van der Waals surface area contributed by atoms with Crippen molar-refractivity contribution in [1.82, 2.24) is 0 Å². The van der Waals surface area contributed by atoms with Crippen LogP contribution in [-0.4, -0.2) is 24.3 Å². The van der Waals surface area contributed by atoms with E-state index < -0.39 is 0 Å². The summed E-state index contributed by atoms with van der Waals surface area (Å²) in [7, 11) is 0. The van der Waals surface area contributed by atoms with Crippen LogP contribution in [0.25, 0.3) is 0 Å². The number of rotatable bonds is 1. The molecule has 1 aromatic rings. The molecule has 0 aromatic heterocycles. The van der Waals surface area contributed by atoms with Gasteiger partial charge in [0.25, 0.3) is 0 Å². The van der Waals surface area contributed by atoms with Crippen molar-refractivity contribution in [3.8, 4) is 0 Å². The minimum atomic E-state index is -0.205. The molecule has 0 bridgehead atoms. The fourth-order valence-corrected chi connectivity index (χ4v) is 2.02. The van der Waals surface area contributed by atoms with Gasteiger partial charge in [-0.3, -0.25) is 0 Å². The van der Waals surface area contributed by atoms with Gasteiger partial charge in [0.2, 0.25) is 0 Å². The summed E-state index contributed by atoms with van der Waals surface area (Å²) in [6.45, 7) is 3.73. The predicted octanol–water partition coefficient (Wildman–Crippen LogP) is 2.03. The number of aliphatic hydroxyl groups is 1. The molecule has 2 rings (SSSR count). The van der Waals surface area contributed by atoms with E-state index in [0.29, 0.717) is 0 Å². The van der Waals surface area contributed by atoms with Crippen molar-refractivity contribution in [2.45, 2.75) is 19.4 Å². The van der Waals surface area contributed by atoms with Crippen LogP contribution in [0, 0.1) is 11.7 Å². The summed E-state index contributed by atoms with van der Waals surface area (Å²) in [4.78, 5) is 2.19. The van der Waals surface area contributed by atoms with E-state index in [9.17, 15) is 9.50 Å². The number of aliphatic hydroxyl groups excluding tert-OH is 1. The third kappa shape index (κ3) is 2.29. The maximum absolute atomic E-state index is 12.7. The van der Waals surface area contributed by atoms with E-state index in [0.717, 1.165) is 25.2 Å². The van der Waals surface area contributed by atoms with E-state index in [1.54, 1.807) is 12.1 Å². The summed E-state index contributed by atoms with van der Waals surface area (Å²) in [5.41, 5.74) is 1.04. The van der Waals surface area contributed by atoms with Crippen LogP contribution in [-0.2, 0) is 0 Å². The van der Waals surface area contributed by atoms with Crippen LogP contribution >= 0.6 is 0 Å². The highest BCUT2D eigenvalue weighted by Gasteiger charge is 2.24. The largest absolute Gasteiger partial charge is 0.393 e.